The van der Waals surface area contributed by atoms with E-state index in [1.807, 2.05) is 73.7 Å². The molecule has 0 aliphatic carbocycles. The summed E-state index contributed by atoms with van der Waals surface area (Å²) in [5, 5.41) is 2.10. The topological polar surface area (TPSA) is 52.6 Å². The molecule has 0 spiro atoms. The molecule has 0 saturated heterocycles. The third kappa shape index (κ3) is 3.42. The average Bonchev–Trinajstić information content (AvgIpc) is 2.89. The summed E-state index contributed by atoms with van der Waals surface area (Å²) in [5.41, 5.74) is 0.860. The lowest BCUT2D eigenvalue weighted by Gasteiger charge is -2.42. The number of esters is 2. The van der Waals surface area contributed by atoms with Crippen molar-refractivity contribution >= 4 is 46.2 Å². The molecule has 0 aromatic heterocycles. The Kier molecular flexibility index (Phi) is 6.04. The maximum absolute atomic E-state index is 13.7. The third-order valence-electron chi connectivity index (χ3n) is 5.53. The van der Waals surface area contributed by atoms with Crippen molar-refractivity contribution in [1.29, 1.82) is 0 Å². The highest BCUT2D eigenvalue weighted by atomic mass is 32.2. The molecule has 0 saturated carbocycles. The predicted molar refractivity (Wildman–Crippen MR) is 125 cm³/mol. The second-order valence-electron chi connectivity index (χ2n) is 7.34. The Morgan fingerprint density at radius 1 is 0.774 bits per heavy atom. The molecule has 0 bridgehead atoms. The number of benzene rings is 3. The molecular weight excluding hydrogens is 428 g/mol. The lowest BCUT2D eigenvalue weighted by atomic mass is 9.85. The molecule has 0 amide bonds. The fourth-order valence-corrected chi connectivity index (χ4v) is 7.24. The van der Waals surface area contributed by atoms with E-state index in [0.29, 0.717) is 0 Å². The molecule has 0 N–H and O–H groups in total. The highest BCUT2D eigenvalue weighted by Crippen LogP contribution is 2.61. The SMILES string of the molecule is CCOC(=O)C1(C(=O)OCC)Sc2cccc3cccc(c23)SC1(C)c1ccccc1. The minimum Gasteiger partial charge on any atom is -0.464 e. The lowest BCUT2D eigenvalue weighted by Crippen LogP contribution is -2.58. The second-order valence-corrected chi connectivity index (χ2v) is 10.1. The minimum absolute atomic E-state index is 0.174. The summed E-state index contributed by atoms with van der Waals surface area (Å²) >= 11 is 2.76. The van der Waals surface area contributed by atoms with E-state index in [1.165, 1.54) is 23.5 Å². The van der Waals surface area contributed by atoms with Crippen LogP contribution in [0, 0.1) is 0 Å². The zero-order chi connectivity index (χ0) is 22.1. The molecule has 1 atom stereocenters. The molecule has 6 heteroatoms. The Labute approximate surface area is 190 Å². The summed E-state index contributed by atoms with van der Waals surface area (Å²) in [5.74, 6) is -1.16. The van der Waals surface area contributed by atoms with Crippen LogP contribution in [0.1, 0.15) is 26.3 Å². The van der Waals surface area contributed by atoms with Crippen LogP contribution in [0.4, 0.5) is 0 Å². The van der Waals surface area contributed by atoms with Crippen LogP contribution in [0.2, 0.25) is 0 Å². The molecule has 160 valence electrons. The first-order valence-corrected chi connectivity index (χ1v) is 11.9. The zero-order valence-corrected chi connectivity index (χ0v) is 19.3. The summed E-state index contributed by atoms with van der Waals surface area (Å²) in [6.07, 6.45) is 0. The number of hydrogen-bond donors (Lipinski definition) is 0. The van der Waals surface area contributed by atoms with Gasteiger partial charge in [0.1, 0.15) is 0 Å². The van der Waals surface area contributed by atoms with Crippen LogP contribution in [-0.2, 0) is 23.8 Å². The van der Waals surface area contributed by atoms with Gasteiger partial charge in [0.05, 0.1) is 18.0 Å². The van der Waals surface area contributed by atoms with Crippen LogP contribution in [0.25, 0.3) is 10.8 Å². The first-order chi connectivity index (χ1) is 15.0. The van der Waals surface area contributed by atoms with E-state index >= 15 is 0 Å². The van der Waals surface area contributed by atoms with Crippen molar-refractivity contribution in [1.82, 2.24) is 0 Å². The standard InChI is InChI=1S/C25H24O4S2/c1-4-28-22(26)25(23(27)29-5-2)24(3,18-13-7-6-8-14-18)30-19-15-9-11-17-12-10-16-20(31-25)21(17)19/h6-16H,4-5H2,1-3H3. The summed E-state index contributed by atoms with van der Waals surface area (Å²) in [6.45, 7) is 5.79. The van der Waals surface area contributed by atoms with Crippen LogP contribution in [0.5, 0.6) is 0 Å². The monoisotopic (exact) mass is 452 g/mol. The van der Waals surface area contributed by atoms with Crippen molar-refractivity contribution in [2.75, 3.05) is 13.2 Å². The highest BCUT2D eigenvalue weighted by molar-refractivity contribution is 8.06. The Balaban J connectivity index is 2.08. The van der Waals surface area contributed by atoms with Crippen LogP contribution in [0.3, 0.4) is 0 Å². The summed E-state index contributed by atoms with van der Waals surface area (Å²) in [6, 6.07) is 21.7. The van der Waals surface area contributed by atoms with E-state index < -0.39 is 21.4 Å². The van der Waals surface area contributed by atoms with Gasteiger partial charge in [-0.15, -0.1) is 11.8 Å². The van der Waals surface area contributed by atoms with Gasteiger partial charge < -0.3 is 9.47 Å². The number of rotatable bonds is 5. The summed E-state index contributed by atoms with van der Waals surface area (Å²) in [7, 11) is 0. The smallest absolute Gasteiger partial charge is 0.336 e. The van der Waals surface area contributed by atoms with Gasteiger partial charge in [-0.1, -0.05) is 66.4 Å². The molecule has 3 aromatic rings. The van der Waals surface area contributed by atoms with Gasteiger partial charge in [-0.2, -0.15) is 0 Å². The molecule has 1 aliphatic rings. The molecular formula is C25H24O4S2. The molecule has 1 unspecified atom stereocenters. The Morgan fingerprint density at radius 2 is 1.32 bits per heavy atom. The van der Waals surface area contributed by atoms with E-state index in [9.17, 15) is 9.59 Å². The highest BCUT2D eigenvalue weighted by Gasteiger charge is 2.65. The third-order valence-corrected chi connectivity index (χ3v) is 8.77. The van der Waals surface area contributed by atoms with Gasteiger partial charge in [-0.3, -0.25) is 0 Å². The maximum Gasteiger partial charge on any atom is 0.336 e. The van der Waals surface area contributed by atoms with E-state index in [0.717, 1.165) is 26.1 Å². The second kappa shape index (κ2) is 8.60. The number of carbonyl (C=O) groups excluding carboxylic acids is 2. The molecule has 3 aromatic carbocycles. The van der Waals surface area contributed by atoms with Crippen molar-refractivity contribution in [3.05, 3.63) is 72.3 Å². The predicted octanol–water partition coefficient (Wildman–Crippen LogP) is 5.82. The van der Waals surface area contributed by atoms with Gasteiger partial charge in [0.2, 0.25) is 4.75 Å². The van der Waals surface area contributed by atoms with Gasteiger partial charge in [0.15, 0.2) is 0 Å². The fraction of sp³-hybridized carbons (Fsp3) is 0.280. The Morgan fingerprint density at radius 3 is 1.87 bits per heavy atom. The quantitative estimate of drug-likeness (QED) is 0.359. The zero-order valence-electron chi connectivity index (χ0n) is 17.7. The molecule has 31 heavy (non-hydrogen) atoms. The van der Waals surface area contributed by atoms with Crippen molar-refractivity contribution in [2.24, 2.45) is 0 Å². The van der Waals surface area contributed by atoms with E-state index in [4.69, 9.17) is 9.47 Å². The van der Waals surface area contributed by atoms with Gasteiger partial charge in [-0.25, -0.2) is 9.59 Å². The fourth-order valence-electron chi connectivity index (χ4n) is 4.04. The van der Waals surface area contributed by atoms with E-state index in [2.05, 4.69) is 0 Å². The number of thioether (sulfide) groups is 2. The average molecular weight is 453 g/mol. The number of hydrogen-bond acceptors (Lipinski definition) is 6. The first-order valence-electron chi connectivity index (χ1n) is 10.3. The number of ether oxygens (including phenoxy) is 2. The number of carbonyl (C=O) groups is 2. The van der Waals surface area contributed by atoms with Crippen LogP contribution < -0.4 is 0 Å². The van der Waals surface area contributed by atoms with Crippen LogP contribution in [-0.4, -0.2) is 29.9 Å². The van der Waals surface area contributed by atoms with Crippen molar-refractivity contribution in [3.63, 3.8) is 0 Å². The molecule has 0 radical (unpaired) electrons. The Hall–Kier alpha value is -2.44. The Bertz CT molecular complexity index is 1110. The van der Waals surface area contributed by atoms with Crippen LogP contribution >= 0.6 is 23.5 Å². The lowest BCUT2D eigenvalue weighted by molar-refractivity contribution is -0.160. The van der Waals surface area contributed by atoms with Crippen LogP contribution in [0.15, 0.2) is 76.5 Å². The van der Waals surface area contributed by atoms with Gasteiger partial charge in [0, 0.05) is 15.2 Å². The van der Waals surface area contributed by atoms with E-state index in [-0.39, 0.29) is 13.2 Å². The van der Waals surface area contributed by atoms with E-state index in [1.54, 1.807) is 13.8 Å². The maximum atomic E-state index is 13.7. The summed E-state index contributed by atoms with van der Waals surface area (Å²) in [4.78, 5) is 29.3. The molecule has 1 heterocycles. The summed E-state index contributed by atoms with van der Waals surface area (Å²) < 4.78 is 8.48. The van der Waals surface area contributed by atoms with Gasteiger partial charge >= 0.3 is 11.9 Å². The normalized spacial score (nSPS) is 19.5. The molecule has 4 rings (SSSR count). The van der Waals surface area contributed by atoms with Gasteiger partial charge in [0.25, 0.3) is 0 Å². The van der Waals surface area contributed by atoms with Crippen molar-refractivity contribution in [2.45, 2.75) is 40.1 Å². The molecule has 1 aliphatic heterocycles. The van der Waals surface area contributed by atoms with Crippen molar-refractivity contribution < 1.29 is 19.1 Å². The largest absolute Gasteiger partial charge is 0.464 e. The molecule has 4 nitrogen and oxygen atoms in total. The van der Waals surface area contributed by atoms with Gasteiger partial charge in [-0.05, 0) is 43.9 Å². The van der Waals surface area contributed by atoms with Crippen molar-refractivity contribution in [3.8, 4) is 0 Å². The molecule has 0 fully saturated rings. The first kappa shape index (κ1) is 21.8. The minimum atomic E-state index is -1.63.